The van der Waals surface area contributed by atoms with Crippen LogP contribution in [0.4, 0.5) is 5.82 Å². The van der Waals surface area contributed by atoms with E-state index in [0.29, 0.717) is 0 Å². The maximum atomic E-state index is 8.86. The molecule has 0 aromatic carbocycles. The van der Waals surface area contributed by atoms with Gasteiger partial charge in [0.1, 0.15) is 5.82 Å². The predicted octanol–water partition coefficient (Wildman–Crippen LogP) is -0.853. The van der Waals surface area contributed by atoms with Gasteiger partial charge in [-0.3, -0.25) is 4.98 Å². The van der Waals surface area contributed by atoms with E-state index < -0.39 is 7.12 Å². The van der Waals surface area contributed by atoms with Crippen LogP contribution in [0.15, 0.2) is 12.4 Å². The molecule has 80 valence electrons. The van der Waals surface area contributed by atoms with Gasteiger partial charge in [-0.15, -0.1) is 0 Å². The van der Waals surface area contributed by atoms with E-state index in [0.717, 1.165) is 18.9 Å². The Bertz CT molecular complexity index is 312. The fourth-order valence-corrected chi connectivity index (χ4v) is 1.75. The molecular formula is C9H14BN3O2. The highest BCUT2D eigenvalue weighted by molar-refractivity contribution is 6.57. The number of rotatable bonds is 2. The van der Waals surface area contributed by atoms with Crippen LogP contribution < -0.4 is 10.5 Å². The molecule has 0 unspecified atom stereocenters. The predicted molar refractivity (Wildman–Crippen MR) is 57.9 cm³/mol. The molecule has 0 saturated carbocycles. The second-order valence-electron chi connectivity index (χ2n) is 3.72. The van der Waals surface area contributed by atoms with Gasteiger partial charge in [-0.2, -0.15) is 0 Å². The lowest BCUT2D eigenvalue weighted by atomic mass is 9.87. The molecule has 6 heteroatoms. The van der Waals surface area contributed by atoms with Crippen LogP contribution >= 0.6 is 0 Å². The Balaban J connectivity index is 2.08. The van der Waals surface area contributed by atoms with Crippen LogP contribution in [0, 0.1) is 0 Å². The minimum absolute atomic E-state index is 0.191. The van der Waals surface area contributed by atoms with Crippen LogP contribution in [0.3, 0.4) is 0 Å². The zero-order chi connectivity index (χ0) is 10.7. The maximum absolute atomic E-state index is 8.86. The molecule has 5 nitrogen and oxygen atoms in total. The van der Waals surface area contributed by atoms with Crippen molar-refractivity contribution in [1.29, 1.82) is 0 Å². The molecule has 2 N–H and O–H groups in total. The summed E-state index contributed by atoms with van der Waals surface area (Å²) in [7, 11) is -1.53. The van der Waals surface area contributed by atoms with Crippen LogP contribution in [-0.2, 0) is 0 Å². The first kappa shape index (κ1) is 10.4. The van der Waals surface area contributed by atoms with Crippen LogP contribution in [0.25, 0.3) is 0 Å². The van der Waals surface area contributed by atoms with E-state index in [-0.39, 0.29) is 5.59 Å². The van der Waals surface area contributed by atoms with E-state index in [1.807, 2.05) is 0 Å². The lowest BCUT2D eigenvalue weighted by molar-refractivity contribution is 0.424. The summed E-state index contributed by atoms with van der Waals surface area (Å²) in [6.07, 6.45) is 6.66. The Kier molecular flexibility index (Phi) is 3.18. The SMILES string of the molecule is OB(O)c1cnc(N2CCCCC2)cn1. The Morgan fingerprint density at radius 3 is 2.33 bits per heavy atom. The molecule has 1 aliphatic rings. The number of hydrogen-bond acceptors (Lipinski definition) is 5. The van der Waals surface area contributed by atoms with Gasteiger partial charge in [-0.1, -0.05) is 0 Å². The fraction of sp³-hybridized carbons (Fsp3) is 0.556. The van der Waals surface area contributed by atoms with Crippen LogP contribution in [-0.4, -0.2) is 40.2 Å². The number of piperidine rings is 1. The lowest BCUT2D eigenvalue weighted by Gasteiger charge is -2.27. The molecule has 1 aromatic rings. The van der Waals surface area contributed by atoms with E-state index in [1.165, 1.54) is 25.5 Å². The molecule has 0 atom stereocenters. The van der Waals surface area contributed by atoms with Gasteiger partial charge in [0.15, 0.2) is 0 Å². The Labute approximate surface area is 88.9 Å². The van der Waals surface area contributed by atoms with Crippen molar-refractivity contribution in [1.82, 2.24) is 9.97 Å². The molecule has 2 rings (SSSR count). The van der Waals surface area contributed by atoms with Gasteiger partial charge in [0, 0.05) is 19.3 Å². The van der Waals surface area contributed by atoms with Crippen LogP contribution in [0.1, 0.15) is 19.3 Å². The summed E-state index contributed by atoms with van der Waals surface area (Å²) in [6, 6.07) is 0. The highest BCUT2D eigenvalue weighted by atomic mass is 16.4. The molecular weight excluding hydrogens is 193 g/mol. The number of nitrogens with zero attached hydrogens (tertiary/aromatic N) is 3. The molecule has 0 radical (unpaired) electrons. The van der Waals surface area contributed by atoms with E-state index in [9.17, 15) is 0 Å². The molecule has 0 bridgehead atoms. The summed E-state index contributed by atoms with van der Waals surface area (Å²) in [6.45, 7) is 2.02. The molecule has 1 aliphatic heterocycles. The minimum atomic E-state index is -1.53. The van der Waals surface area contributed by atoms with Gasteiger partial charge in [-0.25, -0.2) is 4.98 Å². The molecule has 1 saturated heterocycles. The molecule has 0 spiro atoms. The first-order valence-corrected chi connectivity index (χ1v) is 5.20. The third kappa shape index (κ3) is 2.46. The topological polar surface area (TPSA) is 69.5 Å². The second-order valence-corrected chi connectivity index (χ2v) is 3.72. The molecule has 1 fully saturated rings. The van der Waals surface area contributed by atoms with E-state index in [2.05, 4.69) is 14.9 Å². The number of aromatic nitrogens is 2. The summed E-state index contributed by atoms with van der Waals surface area (Å²) < 4.78 is 0. The average molecular weight is 207 g/mol. The van der Waals surface area contributed by atoms with Gasteiger partial charge in [0.05, 0.1) is 11.8 Å². The zero-order valence-electron chi connectivity index (χ0n) is 8.50. The summed E-state index contributed by atoms with van der Waals surface area (Å²) in [4.78, 5) is 10.3. The maximum Gasteiger partial charge on any atom is 0.509 e. The monoisotopic (exact) mass is 207 g/mol. The summed E-state index contributed by atoms with van der Waals surface area (Å²) in [5, 5.41) is 17.7. The highest BCUT2D eigenvalue weighted by Gasteiger charge is 2.16. The van der Waals surface area contributed by atoms with Crippen molar-refractivity contribution >= 4 is 18.5 Å². The van der Waals surface area contributed by atoms with Crippen LogP contribution in [0.5, 0.6) is 0 Å². The van der Waals surface area contributed by atoms with Gasteiger partial charge in [0.25, 0.3) is 0 Å². The van der Waals surface area contributed by atoms with Crippen molar-refractivity contribution < 1.29 is 10.0 Å². The largest absolute Gasteiger partial charge is 0.509 e. The van der Waals surface area contributed by atoms with Crippen molar-refractivity contribution in [2.24, 2.45) is 0 Å². The fourth-order valence-electron chi connectivity index (χ4n) is 1.75. The normalized spacial score (nSPS) is 16.5. The Morgan fingerprint density at radius 2 is 1.80 bits per heavy atom. The second kappa shape index (κ2) is 4.59. The lowest BCUT2D eigenvalue weighted by Crippen LogP contribution is -2.35. The molecule has 0 amide bonds. The minimum Gasteiger partial charge on any atom is -0.422 e. The van der Waals surface area contributed by atoms with E-state index >= 15 is 0 Å². The zero-order valence-corrected chi connectivity index (χ0v) is 8.50. The van der Waals surface area contributed by atoms with Gasteiger partial charge < -0.3 is 14.9 Å². The standard InChI is InChI=1S/C9H14BN3O2/c14-10(15)8-6-12-9(7-11-8)13-4-2-1-3-5-13/h6-7,14-15H,1-5H2. The van der Waals surface area contributed by atoms with Crippen molar-refractivity contribution in [3.63, 3.8) is 0 Å². The Hall–Kier alpha value is -1.14. The third-order valence-electron chi connectivity index (χ3n) is 2.60. The van der Waals surface area contributed by atoms with Crippen molar-refractivity contribution in [3.05, 3.63) is 12.4 Å². The van der Waals surface area contributed by atoms with Gasteiger partial charge >= 0.3 is 7.12 Å². The van der Waals surface area contributed by atoms with Crippen molar-refractivity contribution in [2.75, 3.05) is 18.0 Å². The van der Waals surface area contributed by atoms with Gasteiger partial charge in [0.2, 0.25) is 0 Å². The summed E-state index contributed by atoms with van der Waals surface area (Å²) in [5.74, 6) is 0.819. The third-order valence-corrected chi connectivity index (χ3v) is 2.60. The number of hydrogen-bond donors (Lipinski definition) is 2. The molecule has 0 aliphatic carbocycles. The molecule has 2 heterocycles. The summed E-state index contributed by atoms with van der Waals surface area (Å²) >= 11 is 0. The van der Waals surface area contributed by atoms with E-state index in [1.54, 1.807) is 6.20 Å². The smallest absolute Gasteiger partial charge is 0.422 e. The number of anilines is 1. The van der Waals surface area contributed by atoms with Crippen molar-refractivity contribution in [3.8, 4) is 0 Å². The van der Waals surface area contributed by atoms with Crippen LogP contribution in [0.2, 0.25) is 0 Å². The average Bonchev–Trinajstić information content (AvgIpc) is 2.30. The highest BCUT2D eigenvalue weighted by Crippen LogP contribution is 2.15. The van der Waals surface area contributed by atoms with Gasteiger partial charge in [-0.05, 0) is 19.3 Å². The Morgan fingerprint density at radius 1 is 1.07 bits per heavy atom. The van der Waals surface area contributed by atoms with E-state index in [4.69, 9.17) is 10.0 Å². The molecule has 15 heavy (non-hydrogen) atoms. The quantitative estimate of drug-likeness (QED) is 0.618. The van der Waals surface area contributed by atoms with Crippen molar-refractivity contribution in [2.45, 2.75) is 19.3 Å². The first-order valence-electron chi connectivity index (χ1n) is 5.20. The summed E-state index contributed by atoms with van der Waals surface area (Å²) in [5.41, 5.74) is 0.191. The first-order chi connectivity index (χ1) is 7.27. The molecule has 1 aromatic heterocycles.